The van der Waals surface area contributed by atoms with E-state index in [1.54, 1.807) is 18.2 Å². The largest absolute Gasteiger partial charge is 0.467 e. The summed E-state index contributed by atoms with van der Waals surface area (Å²) in [5.74, 6) is 0.646. The molecule has 2 heterocycles. The van der Waals surface area contributed by atoms with E-state index in [1.165, 1.54) is 6.26 Å². The van der Waals surface area contributed by atoms with E-state index in [0.29, 0.717) is 39.5 Å². The highest BCUT2D eigenvalue weighted by Gasteiger charge is 2.20. The Morgan fingerprint density at radius 2 is 2.00 bits per heavy atom. The normalized spacial score (nSPS) is 13.7. The van der Waals surface area contributed by atoms with Crippen molar-refractivity contribution in [2.45, 2.75) is 6.61 Å². The van der Waals surface area contributed by atoms with E-state index < -0.39 is 0 Å². The zero-order chi connectivity index (χ0) is 16.0. The summed E-state index contributed by atoms with van der Waals surface area (Å²) in [6.07, 6.45) is 1.46. The molecule has 3 aromatic rings. The predicted octanol–water partition coefficient (Wildman–Crippen LogP) is 4.74. The number of hydrogen-bond donors (Lipinski definition) is 0. The van der Waals surface area contributed by atoms with Crippen LogP contribution in [0, 0.1) is 0 Å². The Balaban J connectivity index is 2.02. The molecule has 0 fully saturated rings. The van der Waals surface area contributed by atoms with Gasteiger partial charge in [-0.2, -0.15) is 0 Å². The molecule has 1 aromatic heterocycles. The highest BCUT2D eigenvalue weighted by molar-refractivity contribution is 9.10. The maximum absolute atomic E-state index is 12.9. The second-order valence-electron chi connectivity index (χ2n) is 5.17. The first-order valence-electron chi connectivity index (χ1n) is 6.88. The molecule has 0 radical (unpaired) electrons. The van der Waals surface area contributed by atoms with Crippen LogP contribution in [-0.4, -0.2) is 6.79 Å². The smallest absolute Gasteiger partial charge is 0.200 e. The van der Waals surface area contributed by atoms with Gasteiger partial charge in [-0.3, -0.25) is 4.79 Å². The SMILES string of the molecule is O=c1c(-c2cc(Br)cc3c2OCOC3)coc2ccc(Cl)cc12. The summed E-state index contributed by atoms with van der Waals surface area (Å²) >= 11 is 9.46. The number of fused-ring (bicyclic) bond motifs is 2. The van der Waals surface area contributed by atoms with Gasteiger partial charge in [-0.05, 0) is 30.3 Å². The molecule has 6 heteroatoms. The standard InChI is InChI=1S/C17H10BrClO4/c18-10-3-9-6-21-8-23-17(9)12(4-10)14-7-22-15-2-1-11(19)5-13(15)16(14)20/h1-5,7H,6,8H2. The number of rotatable bonds is 1. The third-order valence-electron chi connectivity index (χ3n) is 3.70. The molecule has 23 heavy (non-hydrogen) atoms. The highest BCUT2D eigenvalue weighted by atomic mass is 79.9. The lowest BCUT2D eigenvalue weighted by molar-refractivity contribution is -0.0159. The average molecular weight is 394 g/mol. The lowest BCUT2D eigenvalue weighted by Gasteiger charge is -2.21. The number of hydrogen-bond acceptors (Lipinski definition) is 4. The van der Waals surface area contributed by atoms with Gasteiger partial charge in [0.2, 0.25) is 5.43 Å². The Labute approximate surface area is 144 Å². The first-order chi connectivity index (χ1) is 11.1. The molecule has 0 aliphatic carbocycles. The van der Waals surface area contributed by atoms with E-state index in [-0.39, 0.29) is 12.2 Å². The van der Waals surface area contributed by atoms with Crippen molar-refractivity contribution in [3.8, 4) is 16.9 Å². The molecule has 1 aliphatic rings. The van der Waals surface area contributed by atoms with Crippen LogP contribution in [0.1, 0.15) is 5.56 Å². The Kier molecular flexibility index (Phi) is 3.64. The molecule has 0 saturated carbocycles. The minimum absolute atomic E-state index is 0.149. The summed E-state index contributed by atoms with van der Waals surface area (Å²) in [6.45, 7) is 0.596. The molecule has 1 aliphatic heterocycles. The molecule has 0 bridgehead atoms. The number of halogens is 2. The Hall–Kier alpha value is -1.82. The van der Waals surface area contributed by atoms with E-state index in [4.69, 9.17) is 25.5 Å². The summed E-state index contributed by atoms with van der Waals surface area (Å²) in [7, 11) is 0. The molecule has 0 saturated heterocycles. The second-order valence-corrected chi connectivity index (χ2v) is 6.52. The summed E-state index contributed by atoms with van der Waals surface area (Å²) in [4.78, 5) is 12.9. The van der Waals surface area contributed by atoms with E-state index in [0.717, 1.165) is 10.0 Å². The highest BCUT2D eigenvalue weighted by Crippen LogP contribution is 2.37. The van der Waals surface area contributed by atoms with Crippen molar-refractivity contribution in [1.29, 1.82) is 0 Å². The third-order valence-corrected chi connectivity index (χ3v) is 4.39. The van der Waals surface area contributed by atoms with Gasteiger partial charge in [0.25, 0.3) is 0 Å². The number of benzene rings is 2. The molecular formula is C17H10BrClO4. The Morgan fingerprint density at radius 3 is 2.87 bits per heavy atom. The average Bonchev–Trinajstić information content (AvgIpc) is 2.55. The van der Waals surface area contributed by atoms with E-state index in [2.05, 4.69) is 15.9 Å². The lowest BCUT2D eigenvalue weighted by atomic mass is 10.0. The summed E-state index contributed by atoms with van der Waals surface area (Å²) < 4.78 is 17.3. The predicted molar refractivity (Wildman–Crippen MR) is 90.9 cm³/mol. The van der Waals surface area contributed by atoms with Crippen LogP contribution < -0.4 is 10.2 Å². The lowest BCUT2D eigenvalue weighted by Crippen LogP contribution is -2.14. The first-order valence-corrected chi connectivity index (χ1v) is 8.05. The zero-order valence-corrected chi connectivity index (χ0v) is 14.1. The fraction of sp³-hybridized carbons (Fsp3) is 0.118. The van der Waals surface area contributed by atoms with Gasteiger partial charge in [-0.15, -0.1) is 0 Å². The van der Waals surface area contributed by atoms with Gasteiger partial charge >= 0.3 is 0 Å². The van der Waals surface area contributed by atoms with Crippen molar-refractivity contribution in [2.24, 2.45) is 0 Å². The van der Waals surface area contributed by atoms with Crippen LogP contribution in [0.5, 0.6) is 5.75 Å². The van der Waals surface area contributed by atoms with E-state index >= 15 is 0 Å². The molecule has 0 unspecified atom stereocenters. The fourth-order valence-electron chi connectivity index (χ4n) is 2.67. The van der Waals surface area contributed by atoms with Gasteiger partial charge in [-0.25, -0.2) is 0 Å². The molecule has 0 atom stereocenters. The zero-order valence-electron chi connectivity index (χ0n) is 11.8. The number of ether oxygens (including phenoxy) is 2. The van der Waals surface area contributed by atoms with E-state index in [9.17, 15) is 4.79 Å². The van der Waals surface area contributed by atoms with Crippen LogP contribution in [0.3, 0.4) is 0 Å². The molecule has 4 rings (SSSR count). The summed E-state index contributed by atoms with van der Waals surface area (Å²) in [6, 6.07) is 8.74. The first kappa shape index (κ1) is 14.8. The van der Waals surface area contributed by atoms with Gasteiger partial charge in [-0.1, -0.05) is 27.5 Å². The maximum atomic E-state index is 12.9. The van der Waals surface area contributed by atoms with Gasteiger partial charge in [0, 0.05) is 20.6 Å². The fourth-order valence-corrected chi connectivity index (χ4v) is 3.35. The molecule has 0 amide bonds. The van der Waals surface area contributed by atoms with E-state index in [1.807, 2.05) is 12.1 Å². The van der Waals surface area contributed by atoms with Crippen molar-refractivity contribution in [3.05, 3.63) is 61.9 Å². The molecule has 116 valence electrons. The van der Waals surface area contributed by atoms with Crippen molar-refractivity contribution in [1.82, 2.24) is 0 Å². The van der Waals surface area contributed by atoms with Crippen LogP contribution in [-0.2, 0) is 11.3 Å². The van der Waals surface area contributed by atoms with Crippen LogP contribution in [0.4, 0.5) is 0 Å². The monoisotopic (exact) mass is 392 g/mol. The quantitative estimate of drug-likeness (QED) is 0.599. The van der Waals surface area contributed by atoms with Crippen LogP contribution in [0.25, 0.3) is 22.1 Å². The maximum Gasteiger partial charge on any atom is 0.200 e. The molecule has 0 spiro atoms. The Morgan fingerprint density at radius 1 is 1.13 bits per heavy atom. The van der Waals surface area contributed by atoms with Gasteiger partial charge in [0.1, 0.15) is 17.6 Å². The van der Waals surface area contributed by atoms with Gasteiger partial charge in [0.15, 0.2) is 6.79 Å². The molecular weight excluding hydrogens is 384 g/mol. The minimum Gasteiger partial charge on any atom is -0.467 e. The second kappa shape index (κ2) is 5.67. The van der Waals surface area contributed by atoms with Crippen LogP contribution in [0.15, 0.2) is 50.3 Å². The summed E-state index contributed by atoms with van der Waals surface area (Å²) in [5, 5.41) is 0.929. The molecule has 0 N–H and O–H groups in total. The van der Waals surface area contributed by atoms with Crippen molar-refractivity contribution < 1.29 is 13.9 Å². The minimum atomic E-state index is -0.149. The van der Waals surface area contributed by atoms with Crippen molar-refractivity contribution >= 4 is 38.5 Å². The molecule has 4 nitrogen and oxygen atoms in total. The van der Waals surface area contributed by atoms with Gasteiger partial charge < -0.3 is 13.9 Å². The van der Waals surface area contributed by atoms with Crippen LogP contribution in [0.2, 0.25) is 5.02 Å². The third kappa shape index (κ3) is 2.55. The summed E-state index contributed by atoms with van der Waals surface area (Å²) in [5.41, 5.74) is 2.33. The van der Waals surface area contributed by atoms with Crippen LogP contribution >= 0.6 is 27.5 Å². The topological polar surface area (TPSA) is 48.7 Å². The molecule has 2 aromatic carbocycles. The van der Waals surface area contributed by atoms with Crippen molar-refractivity contribution in [3.63, 3.8) is 0 Å². The Bertz CT molecular complexity index is 980. The van der Waals surface area contributed by atoms with Gasteiger partial charge in [0.05, 0.1) is 17.6 Å². The van der Waals surface area contributed by atoms with Crippen molar-refractivity contribution in [2.75, 3.05) is 6.79 Å².